The molecule has 0 aliphatic heterocycles. The molecule has 0 radical (unpaired) electrons. The van der Waals surface area contributed by atoms with E-state index < -0.39 is 17.2 Å². The van der Waals surface area contributed by atoms with Crippen LogP contribution in [0.15, 0.2) is 146 Å². The highest BCUT2D eigenvalue weighted by molar-refractivity contribution is 6.08. The van der Waals surface area contributed by atoms with Gasteiger partial charge in [-0.15, -0.1) is 0 Å². The maximum atomic E-state index is 13.7. The predicted octanol–water partition coefficient (Wildman–Crippen LogP) is 9.36. The lowest BCUT2D eigenvalue weighted by atomic mass is 9.77. The number of carbonyl (C=O) groups is 2. The van der Waals surface area contributed by atoms with Gasteiger partial charge in [0.25, 0.3) is 5.91 Å². The number of rotatable bonds is 12. The van der Waals surface area contributed by atoms with Crippen molar-refractivity contribution in [3.63, 3.8) is 0 Å². The summed E-state index contributed by atoms with van der Waals surface area (Å²) in [5, 5.41) is 11.6. The highest BCUT2D eigenvalue weighted by Crippen LogP contribution is 2.40. The molecule has 0 aliphatic rings. The summed E-state index contributed by atoms with van der Waals surface area (Å²) in [6.45, 7) is 8.17. The van der Waals surface area contributed by atoms with Gasteiger partial charge >= 0.3 is 6.09 Å². The Balaban J connectivity index is 1.29. The standard InChI is InChI=1S/C45H48N6O3/c1-33-22-27-39(40(32-33)49(5)6)42(52)47-37-23-25-38(26-24-37)50(43(53)54-44(2,3)4)30-31-51-41(28-29-46-51)48-45(34-16-10-7-11-17-34,35-18-12-8-13-19-35)36-20-14-9-15-21-36/h7-29,32,48H,30-31H2,1-6H3,(H,47,52). The molecule has 2 amide bonds. The molecule has 0 aliphatic carbocycles. The molecule has 1 heterocycles. The van der Waals surface area contributed by atoms with E-state index in [4.69, 9.17) is 9.84 Å². The van der Waals surface area contributed by atoms with Crippen molar-refractivity contribution in [1.82, 2.24) is 9.78 Å². The molecule has 0 unspecified atom stereocenters. The third-order valence-electron chi connectivity index (χ3n) is 9.12. The number of benzene rings is 5. The summed E-state index contributed by atoms with van der Waals surface area (Å²) < 4.78 is 7.75. The van der Waals surface area contributed by atoms with E-state index in [-0.39, 0.29) is 12.5 Å². The number of amides is 2. The Morgan fingerprint density at radius 1 is 0.741 bits per heavy atom. The Kier molecular flexibility index (Phi) is 11.2. The van der Waals surface area contributed by atoms with Gasteiger partial charge in [-0.3, -0.25) is 9.69 Å². The van der Waals surface area contributed by atoms with E-state index in [1.807, 2.05) is 142 Å². The van der Waals surface area contributed by atoms with Gasteiger partial charge in [0.15, 0.2) is 0 Å². The fourth-order valence-corrected chi connectivity index (χ4v) is 6.55. The summed E-state index contributed by atoms with van der Waals surface area (Å²) in [7, 11) is 3.83. The van der Waals surface area contributed by atoms with E-state index in [1.54, 1.807) is 23.2 Å². The van der Waals surface area contributed by atoms with Crippen LogP contribution in [0.4, 0.5) is 27.7 Å². The summed E-state index contributed by atoms with van der Waals surface area (Å²) in [4.78, 5) is 30.6. The first kappa shape index (κ1) is 37.4. The van der Waals surface area contributed by atoms with Crippen LogP contribution >= 0.6 is 0 Å². The largest absolute Gasteiger partial charge is 0.443 e. The summed E-state index contributed by atoms with van der Waals surface area (Å²) in [5.41, 5.74) is 5.46. The lowest BCUT2D eigenvalue weighted by Crippen LogP contribution is -2.40. The Bertz CT molecular complexity index is 2060. The number of nitrogens with zero attached hydrogens (tertiary/aromatic N) is 4. The van der Waals surface area contributed by atoms with Crippen LogP contribution in [0.2, 0.25) is 0 Å². The van der Waals surface area contributed by atoms with Crippen LogP contribution in [0, 0.1) is 6.92 Å². The van der Waals surface area contributed by atoms with Crippen molar-refractivity contribution in [2.24, 2.45) is 0 Å². The first-order valence-electron chi connectivity index (χ1n) is 18.1. The molecule has 2 N–H and O–H groups in total. The molecule has 5 aromatic carbocycles. The molecule has 0 spiro atoms. The smallest absolute Gasteiger partial charge is 0.414 e. The summed E-state index contributed by atoms with van der Waals surface area (Å²) >= 11 is 0. The summed E-state index contributed by atoms with van der Waals surface area (Å²) in [6, 6.07) is 46.1. The van der Waals surface area contributed by atoms with Crippen LogP contribution < -0.4 is 20.4 Å². The fourth-order valence-electron chi connectivity index (χ4n) is 6.55. The third-order valence-corrected chi connectivity index (χ3v) is 9.12. The maximum Gasteiger partial charge on any atom is 0.414 e. The van der Waals surface area contributed by atoms with Crippen LogP contribution in [0.1, 0.15) is 53.4 Å². The number of aromatic nitrogens is 2. The van der Waals surface area contributed by atoms with Crippen LogP contribution in [0.5, 0.6) is 0 Å². The highest BCUT2D eigenvalue weighted by Gasteiger charge is 2.37. The van der Waals surface area contributed by atoms with Crippen molar-refractivity contribution < 1.29 is 14.3 Å². The number of hydrogen-bond donors (Lipinski definition) is 2. The van der Waals surface area contributed by atoms with Gasteiger partial charge in [-0.1, -0.05) is 97.1 Å². The first-order chi connectivity index (χ1) is 25.9. The predicted molar refractivity (Wildman–Crippen MR) is 219 cm³/mol. The van der Waals surface area contributed by atoms with Crippen LogP contribution in [0.25, 0.3) is 0 Å². The lowest BCUT2D eigenvalue weighted by molar-refractivity contribution is 0.0578. The molecule has 1 aromatic heterocycles. The molecule has 0 saturated heterocycles. The second-order valence-corrected chi connectivity index (χ2v) is 14.5. The molecule has 0 bridgehead atoms. The number of anilines is 4. The number of aryl methyl sites for hydroxylation is 1. The minimum Gasteiger partial charge on any atom is -0.443 e. The van der Waals surface area contributed by atoms with Crippen molar-refractivity contribution in [2.45, 2.75) is 45.4 Å². The van der Waals surface area contributed by atoms with Gasteiger partial charge in [0.1, 0.15) is 17.0 Å². The van der Waals surface area contributed by atoms with Gasteiger partial charge in [0.05, 0.1) is 18.3 Å². The highest BCUT2D eigenvalue weighted by atomic mass is 16.6. The van der Waals surface area contributed by atoms with E-state index in [2.05, 4.69) is 47.0 Å². The Hall–Kier alpha value is -6.35. The zero-order valence-corrected chi connectivity index (χ0v) is 31.8. The van der Waals surface area contributed by atoms with Gasteiger partial charge in [-0.25, -0.2) is 9.48 Å². The minimum absolute atomic E-state index is 0.216. The fraction of sp³-hybridized carbons (Fsp3) is 0.222. The van der Waals surface area contributed by atoms with Gasteiger partial charge in [0.2, 0.25) is 0 Å². The van der Waals surface area contributed by atoms with Crippen molar-refractivity contribution in [3.05, 3.63) is 174 Å². The van der Waals surface area contributed by atoms with Crippen molar-refractivity contribution in [2.75, 3.05) is 41.1 Å². The lowest BCUT2D eigenvalue weighted by Gasteiger charge is -2.38. The van der Waals surface area contributed by atoms with Crippen molar-refractivity contribution >= 4 is 34.9 Å². The van der Waals surface area contributed by atoms with Gasteiger partial charge < -0.3 is 20.3 Å². The number of nitrogens with one attached hydrogen (secondary N) is 2. The molecule has 6 aromatic rings. The van der Waals surface area contributed by atoms with E-state index in [0.717, 1.165) is 33.8 Å². The topological polar surface area (TPSA) is 91.7 Å². The molecule has 54 heavy (non-hydrogen) atoms. The SMILES string of the molecule is Cc1ccc(C(=O)Nc2ccc(N(CCn3nccc3NC(c3ccccc3)(c3ccccc3)c3ccccc3)C(=O)OC(C)(C)C)cc2)c(N(C)C)c1. The molecular weight excluding hydrogens is 673 g/mol. The molecule has 0 saturated carbocycles. The second-order valence-electron chi connectivity index (χ2n) is 14.5. The quantitative estimate of drug-likeness (QED) is 0.123. The molecule has 9 nitrogen and oxygen atoms in total. The average molecular weight is 721 g/mol. The van der Waals surface area contributed by atoms with E-state index >= 15 is 0 Å². The van der Waals surface area contributed by atoms with E-state index in [9.17, 15) is 9.59 Å². The molecule has 6 rings (SSSR count). The van der Waals surface area contributed by atoms with Crippen molar-refractivity contribution in [3.8, 4) is 0 Å². The third kappa shape index (κ3) is 8.47. The molecule has 276 valence electrons. The maximum absolute atomic E-state index is 13.7. The van der Waals surface area contributed by atoms with Gasteiger partial charge in [0, 0.05) is 43.8 Å². The molecule has 9 heteroatoms. The Labute approximate surface area is 318 Å². The second kappa shape index (κ2) is 16.1. The van der Waals surface area contributed by atoms with Crippen molar-refractivity contribution in [1.29, 1.82) is 0 Å². The van der Waals surface area contributed by atoms with E-state index in [1.165, 1.54) is 0 Å². The number of ether oxygens (including phenoxy) is 1. The van der Waals surface area contributed by atoms with Crippen LogP contribution in [0.3, 0.4) is 0 Å². The summed E-state index contributed by atoms with van der Waals surface area (Å²) in [6.07, 6.45) is 1.28. The number of hydrogen-bond acceptors (Lipinski definition) is 6. The first-order valence-corrected chi connectivity index (χ1v) is 18.1. The van der Waals surface area contributed by atoms with E-state index in [0.29, 0.717) is 23.5 Å². The molecule has 0 fully saturated rings. The van der Waals surface area contributed by atoms with Gasteiger partial charge in [-0.2, -0.15) is 5.10 Å². The average Bonchev–Trinajstić information content (AvgIpc) is 3.61. The zero-order valence-electron chi connectivity index (χ0n) is 31.8. The molecular formula is C45H48N6O3. The van der Waals surface area contributed by atoms with Crippen LogP contribution in [-0.4, -0.2) is 48.0 Å². The number of carbonyl (C=O) groups excluding carboxylic acids is 2. The normalized spacial score (nSPS) is 11.4. The van der Waals surface area contributed by atoms with Gasteiger partial charge in [-0.05, 0) is 86.3 Å². The monoisotopic (exact) mass is 720 g/mol. The van der Waals surface area contributed by atoms with Crippen LogP contribution in [-0.2, 0) is 16.8 Å². The molecule has 0 atom stereocenters. The zero-order chi connectivity index (χ0) is 38.3. The summed E-state index contributed by atoms with van der Waals surface area (Å²) in [5.74, 6) is 0.564. The minimum atomic E-state index is -0.751. The Morgan fingerprint density at radius 2 is 1.30 bits per heavy atom. The Morgan fingerprint density at radius 3 is 1.81 bits per heavy atom.